The summed E-state index contributed by atoms with van der Waals surface area (Å²) in [7, 11) is 0. The van der Waals surface area contributed by atoms with Crippen molar-refractivity contribution in [3.05, 3.63) is 42.5 Å². The minimum atomic E-state index is 0.228. The zero-order valence-electron chi connectivity index (χ0n) is 13.2. The van der Waals surface area contributed by atoms with Crippen molar-refractivity contribution >= 4 is 0 Å². The maximum absolute atomic E-state index is 5.37. The molecule has 4 rings (SSSR count). The van der Waals surface area contributed by atoms with E-state index in [-0.39, 0.29) is 12.8 Å². The van der Waals surface area contributed by atoms with Gasteiger partial charge < -0.3 is 19.3 Å². The van der Waals surface area contributed by atoms with Crippen LogP contribution in [0, 0.1) is 0 Å². The zero-order valence-corrected chi connectivity index (χ0v) is 13.2. The van der Waals surface area contributed by atoms with E-state index < -0.39 is 0 Å². The molecule has 1 aliphatic rings. The summed E-state index contributed by atoms with van der Waals surface area (Å²) in [6.45, 7) is 3.60. The quantitative estimate of drug-likeness (QED) is 0.739. The van der Waals surface area contributed by atoms with Crippen LogP contribution in [-0.4, -0.2) is 32.8 Å². The number of fused-ring (bicyclic) bond motifs is 1. The molecule has 0 fully saturated rings. The molecule has 8 heteroatoms. The first-order chi connectivity index (χ1) is 11.8. The predicted octanol–water partition coefficient (Wildman–Crippen LogP) is 1.84. The lowest BCUT2D eigenvalue weighted by Crippen LogP contribution is -2.30. The van der Waals surface area contributed by atoms with Crippen molar-refractivity contribution in [2.24, 2.45) is 0 Å². The van der Waals surface area contributed by atoms with Crippen LogP contribution in [0.2, 0.25) is 0 Å². The van der Waals surface area contributed by atoms with Crippen LogP contribution < -0.4 is 14.8 Å². The Morgan fingerprint density at radius 3 is 3.08 bits per heavy atom. The number of nitrogens with one attached hydrogen (secondary N) is 1. The fraction of sp³-hybridized carbons (Fsp3) is 0.312. The SMILES string of the molecule is CC(Cn1cccn1)NCc1nc(-c2ccc3c(c2)OCO3)no1. The fourth-order valence-electron chi connectivity index (χ4n) is 2.49. The zero-order chi connectivity index (χ0) is 16.4. The Morgan fingerprint density at radius 2 is 2.21 bits per heavy atom. The summed E-state index contributed by atoms with van der Waals surface area (Å²) in [5.41, 5.74) is 0.832. The van der Waals surface area contributed by atoms with Gasteiger partial charge in [-0.1, -0.05) is 5.16 Å². The van der Waals surface area contributed by atoms with E-state index in [1.165, 1.54) is 0 Å². The number of hydrogen-bond donors (Lipinski definition) is 1. The highest BCUT2D eigenvalue weighted by molar-refractivity contribution is 5.61. The molecule has 1 aliphatic heterocycles. The van der Waals surface area contributed by atoms with Gasteiger partial charge in [-0.3, -0.25) is 4.68 Å². The summed E-state index contributed by atoms with van der Waals surface area (Å²) in [5.74, 6) is 2.50. The molecule has 0 bridgehead atoms. The van der Waals surface area contributed by atoms with E-state index in [1.807, 2.05) is 35.1 Å². The molecule has 0 saturated carbocycles. The average Bonchev–Trinajstić information content (AvgIpc) is 3.33. The number of benzene rings is 1. The number of aromatic nitrogens is 4. The molecular weight excluding hydrogens is 310 g/mol. The van der Waals surface area contributed by atoms with E-state index >= 15 is 0 Å². The van der Waals surface area contributed by atoms with Gasteiger partial charge in [-0.25, -0.2) is 0 Å². The van der Waals surface area contributed by atoms with Crippen LogP contribution in [0.15, 0.2) is 41.2 Å². The molecule has 0 saturated heterocycles. The number of rotatable bonds is 6. The molecule has 1 atom stereocenters. The van der Waals surface area contributed by atoms with Gasteiger partial charge in [0.25, 0.3) is 0 Å². The second-order valence-electron chi connectivity index (χ2n) is 5.59. The Morgan fingerprint density at radius 1 is 1.29 bits per heavy atom. The summed E-state index contributed by atoms with van der Waals surface area (Å²) in [4.78, 5) is 4.42. The Hall–Kier alpha value is -2.87. The number of nitrogens with zero attached hydrogens (tertiary/aromatic N) is 4. The third-order valence-electron chi connectivity index (χ3n) is 3.72. The first kappa shape index (κ1) is 14.7. The van der Waals surface area contributed by atoms with Crippen molar-refractivity contribution < 1.29 is 14.0 Å². The van der Waals surface area contributed by atoms with Crippen LogP contribution in [0.5, 0.6) is 11.5 Å². The Bertz CT molecular complexity index is 815. The lowest BCUT2D eigenvalue weighted by atomic mass is 10.2. The standard InChI is InChI=1S/C16H17N5O3/c1-11(9-21-6-2-5-18-21)17-8-15-19-16(20-24-15)12-3-4-13-14(7-12)23-10-22-13/h2-7,11,17H,8-10H2,1H3. The molecule has 8 nitrogen and oxygen atoms in total. The van der Waals surface area contributed by atoms with Crippen molar-refractivity contribution in [2.75, 3.05) is 6.79 Å². The van der Waals surface area contributed by atoms with Crippen LogP contribution >= 0.6 is 0 Å². The van der Waals surface area contributed by atoms with Crippen molar-refractivity contribution in [1.82, 2.24) is 25.2 Å². The molecule has 0 aliphatic carbocycles. The van der Waals surface area contributed by atoms with Gasteiger partial charge in [-0.05, 0) is 31.2 Å². The Kier molecular flexibility index (Phi) is 3.87. The topological polar surface area (TPSA) is 87.2 Å². The lowest BCUT2D eigenvalue weighted by molar-refractivity contribution is 0.174. The van der Waals surface area contributed by atoms with E-state index in [0.29, 0.717) is 24.0 Å². The maximum atomic E-state index is 5.37. The molecule has 0 spiro atoms. The molecule has 24 heavy (non-hydrogen) atoms. The predicted molar refractivity (Wildman–Crippen MR) is 84.4 cm³/mol. The van der Waals surface area contributed by atoms with Crippen LogP contribution in [0.1, 0.15) is 12.8 Å². The highest BCUT2D eigenvalue weighted by Crippen LogP contribution is 2.35. The molecular formula is C16H17N5O3. The molecule has 1 unspecified atom stereocenters. The van der Waals surface area contributed by atoms with Gasteiger partial charge in [0.05, 0.1) is 13.1 Å². The van der Waals surface area contributed by atoms with Gasteiger partial charge in [0.15, 0.2) is 11.5 Å². The minimum absolute atomic E-state index is 0.228. The highest BCUT2D eigenvalue weighted by Gasteiger charge is 2.16. The monoisotopic (exact) mass is 327 g/mol. The molecule has 124 valence electrons. The molecule has 3 heterocycles. The Balaban J connectivity index is 1.38. The average molecular weight is 327 g/mol. The van der Waals surface area contributed by atoms with Gasteiger partial charge in [0, 0.05) is 24.0 Å². The molecule has 0 amide bonds. The van der Waals surface area contributed by atoms with E-state index in [2.05, 4.69) is 27.5 Å². The fourth-order valence-corrected chi connectivity index (χ4v) is 2.49. The van der Waals surface area contributed by atoms with E-state index in [4.69, 9.17) is 14.0 Å². The first-order valence-electron chi connectivity index (χ1n) is 7.71. The molecule has 3 aromatic rings. The number of hydrogen-bond acceptors (Lipinski definition) is 7. The van der Waals surface area contributed by atoms with Crippen molar-refractivity contribution in [3.8, 4) is 22.9 Å². The third kappa shape index (κ3) is 3.09. The molecule has 0 radical (unpaired) electrons. The highest BCUT2D eigenvalue weighted by atomic mass is 16.7. The van der Waals surface area contributed by atoms with Crippen LogP contribution in [0.3, 0.4) is 0 Å². The smallest absolute Gasteiger partial charge is 0.240 e. The minimum Gasteiger partial charge on any atom is -0.454 e. The maximum Gasteiger partial charge on any atom is 0.240 e. The third-order valence-corrected chi connectivity index (χ3v) is 3.72. The van der Waals surface area contributed by atoms with Crippen molar-refractivity contribution in [2.45, 2.75) is 26.1 Å². The van der Waals surface area contributed by atoms with Crippen LogP contribution in [0.25, 0.3) is 11.4 Å². The second-order valence-corrected chi connectivity index (χ2v) is 5.59. The van der Waals surface area contributed by atoms with Gasteiger partial charge in [-0.2, -0.15) is 10.1 Å². The van der Waals surface area contributed by atoms with Crippen LogP contribution in [0.4, 0.5) is 0 Å². The second kappa shape index (κ2) is 6.32. The van der Waals surface area contributed by atoms with Gasteiger partial charge in [0.1, 0.15) is 0 Å². The summed E-state index contributed by atoms with van der Waals surface area (Å²) < 4.78 is 17.9. The van der Waals surface area contributed by atoms with Gasteiger partial charge in [-0.15, -0.1) is 0 Å². The van der Waals surface area contributed by atoms with Crippen LogP contribution in [-0.2, 0) is 13.1 Å². The van der Waals surface area contributed by atoms with Crippen molar-refractivity contribution in [1.29, 1.82) is 0 Å². The summed E-state index contributed by atoms with van der Waals surface area (Å²) >= 11 is 0. The van der Waals surface area contributed by atoms with E-state index in [0.717, 1.165) is 17.9 Å². The number of ether oxygens (including phenoxy) is 2. The molecule has 2 aromatic heterocycles. The Labute approximate surface area is 138 Å². The normalized spacial score (nSPS) is 14.0. The van der Waals surface area contributed by atoms with Gasteiger partial charge in [0.2, 0.25) is 18.5 Å². The summed E-state index contributed by atoms with van der Waals surface area (Å²) in [6, 6.07) is 7.71. The molecule has 1 aromatic carbocycles. The summed E-state index contributed by atoms with van der Waals surface area (Å²) in [5, 5.41) is 11.6. The largest absolute Gasteiger partial charge is 0.454 e. The van der Waals surface area contributed by atoms with E-state index in [9.17, 15) is 0 Å². The van der Waals surface area contributed by atoms with E-state index in [1.54, 1.807) is 6.20 Å². The van der Waals surface area contributed by atoms with Crippen molar-refractivity contribution in [3.63, 3.8) is 0 Å². The molecule has 1 N–H and O–H groups in total. The summed E-state index contributed by atoms with van der Waals surface area (Å²) in [6.07, 6.45) is 3.70. The lowest BCUT2D eigenvalue weighted by Gasteiger charge is -2.11. The first-order valence-corrected chi connectivity index (χ1v) is 7.71. The van der Waals surface area contributed by atoms with Gasteiger partial charge >= 0.3 is 0 Å².